The molecule has 1 atom stereocenters. The number of halogens is 2. The molecule has 36 heavy (non-hydrogen) atoms. The zero-order valence-corrected chi connectivity index (χ0v) is 21.5. The largest absolute Gasteiger partial charge is 0.367 e. The third-order valence-corrected chi connectivity index (χ3v) is 8.35. The van der Waals surface area contributed by atoms with Crippen LogP contribution in [0.3, 0.4) is 0 Å². The number of carbonyl (C=O) groups excluding carboxylic acids is 1. The van der Waals surface area contributed by atoms with Crippen molar-refractivity contribution in [3.8, 4) is 5.69 Å². The maximum atomic E-state index is 13.4. The topological polar surface area (TPSA) is 76.3 Å². The molecule has 8 nitrogen and oxygen atoms in total. The Kier molecular flexibility index (Phi) is 6.15. The smallest absolute Gasteiger partial charge is 0.265 e. The number of rotatable bonds is 4. The Bertz CT molecular complexity index is 1510. The van der Waals surface area contributed by atoms with Gasteiger partial charge in [0.25, 0.3) is 5.56 Å². The van der Waals surface area contributed by atoms with Gasteiger partial charge in [-0.25, -0.2) is 9.67 Å². The predicted molar refractivity (Wildman–Crippen MR) is 143 cm³/mol. The minimum atomic E-state index is -0.234. The Balaban J connectivity index is 1.19. The molecule has 6 rings (SSSR count). The number of hydrogen-bond donors (Lipinski definition) is 0. The van der Waals surface area contributed by atoms with Gasteiger partial charge in [-0.15, -0.1) is 0 Å². The van der Waals surface area contributed by atoms with Crippen LogP contribution in [0.4, 0.5) is 5.69 Å². The van der Waals surface area contributed by atoms with E-state index in [0.29, 0.717) is 40.1 Å². The molecule has 0 aliphatic carbocycles. The lowest BCUT2D eigenvalue weighted by Gasteiger charge is -2.37. The number of anilines is 1. The average molecular weight is 541 g/mol. The third-order valence-electron chi connectivity index (χ3n) is 6.68. The molecule has 2 aliphatic heterocycles. The Morgan fingerprint density at radius 3 is 2.53 bits per heavy atom. The van der Waals surface area contributed by atoms with Gasteiger partial charge in [-0.1, -0.05) is 47.1 Å². The van der Waals surface area contributed by atoms with Crippen LogP contribution >= 0.6 is 35.0 Å². The summed E-state index contributed by atoms with van der Waals surface area (Å²) in [6, 6.07) is 14.7. The summed E-state index contributed by atoms with van der Waals surface area (Å²) in [5.41, 5.74) is 2.11. The number of hydrogen-bond acceptors (Lipinski definition) is 6. The Hall–Kier alpha value is -3.01. The number of benzene rings is 2. The Labute approximate surface area is 221 Å². The molecule has 2 aliphatic rings. The lowest BCUT2D eigenvalue weighted by Crippen LogP contribution is -2.49. The van der Waals surface area contributed by atoms with Crippen molar-refractivity contribution in [2.75, 3.05) is 36.8 Å². The van der Waals surface area contributed by atoms with Gasteiger partial charge in [-0.3, -0.25) is 14.2 Å². The molecule has 1 fully saturated rings. The molecular formula is C25H22Cl2N6O2S. The van der Waals surface area contributed by atoms with Gasteiger partial charge in [0.2, 0.25) is 5.91 Å². The molecule has 0 radical (unpaired) electrons. The van der Waals surface area contributed by atoms with Gasteiger partial charge in [-0.2, -0.15) is 5.10 Å². The quantitative estimate of drug-likeness (QED) is 0.359. The first-order valence-electron chi connectivity index (χ1n) is 11.7. The summed E-state index contributed by atoms with van der Waals surface area (Å²) in [7, 11) is 0. The van der Waals surface area contributed by atoms with E-state index in [4.69, 9.17) is 28.2 Å². The van der Waals surface area contributed by atoms with E-state index >= 15 is 0 Å². The van der Waals surface area contributed by atoms with E-state index in [1.54, 1.807) is 27.6 Å². The summed E-state index contributed by atoms with van der Waals surface area (Å²) in [4.78, 5) is 35.4. The second-order valence-electron chi connectivity index (χ2n) is 8.83. The van der Waals surface area contributed by atoms with Crippen molar-refractivity contribution in [3.63, 3.8) is 0 Å². The maximum absolute atomic E-state index is 13.4. The average Bonchev–Trinajstić information content (AvgIpc) is 3.50. The molecule has 184 valence electrons. The van der Waals surface area contributed by atoms with Crippen LogP contribution in [-0.4, -0.2) is 62.1 Å². The standard InChI is InChI=1S/C25H22Cl2N6O2S/c26-16-5-7-17(8-6-16)33-23-19(14-28-33)24(35)32-18(15-36-25(32)29-23)13-22(34)31-11-9-30(10-12-31)21-4-2-1-3-20(21)27/h1-8,14,18H,9-13,15H2. The van der Waals surface area contributed by atoms with E-state index < -0.39 is 0 Å². The summed E-state index contributed by atoms with van der Waals surface area (Å²) in [5, 5.41) is 6.78. The highest BCUT2D eigenvalue weighted by Crippen LogP contribution is 2.34. The van der Waals surface area contributed by atoms with Gasteiger partial charge in [0.05, 0.1) is 28.6 Å². The van der Waals surface area contributed by atoms with Gasteiger partial charge in [-0.05, 0) is 36.4 Å². The van der Waals surface area contributed by atoms with Crippen molar-refractivity contribution in [3.05, 3.63) is 75.1 Å². The van der Waals surface area contributed by atoms with Crippen molar-refractivity contribution in [1.82, 2.24) is 24.2 Å². The molecular weight excluding hydrogens is 519 g/mol. The fraction of sp³-hybridized carbons (Fsp3) is 0.280. The predicted octanol–water partition coefficient (Wildman–Crippen LogP) is 4.27. The van der Waals surface area contributed by atoms with Crippen LogP contribution in [0.5, 0.6) is 0 Å². The molecule has 0 spiro atoms. The first-order valence-corrected chi connectivity index (χ1v) is 13.4. The minimum Gasteiger partial charge on any atom is -0.367 e. The van der Waals surface area contributed by atoms with Gasteiger partial charge in [0.15, 0.2) is 10.8 Å². The van der Waals surface area contributed by atoms with E-state index in [1.807, 2.05) is 41.3 Å². The number of thioether (sulfide) groups is 1. The summed E-state index contributed by atoms with van der Waals surface area (Å²) in [6.45, 7) is 2.68. The molecule has 0 N–H and O–H groups in total. The number of carbonyl (C=O) groups is 1. The number of fused-ring (bicyclic) bond motifs is 2. The fourth-order valence-electron chi connectivity index (χ4n) is 4.79. The van der Waals surface area contributed by atoms with Crippen molar-refractivity contribution in [2.24, 2.45) is 0 Å². The van der Waals surface area contributed by atoms with Crippen LogP contribution in [-0.2, 0) is 4.79 Å². The van der Waals surface area contributed by atoms with Crippen LogP contribution in [0.2, 0.25) is 10.0 Å². The lowest BCUT2D eigenvalue weighted by molar-refractivity contribution is -0.132. The van der Waals surface area contributed by atoms with E-state index in [1.165, 1.54) is 11.8 Å². The molecule has 2 aromatic carbocycles. The molecule has 1 unspecified atom stereocenters. The van der Waals surface area contributed by atoms with E-state index in [-0.39, 0.29) is 23.9 Å². The fourth-order valence-corrected chi connectivity index (χ4v) is 6.30. The number of nitrogens with zero attached hydrogens (tertiary/aromatic N) is 6. The van der Waals surface area contributed by atoms with E-state index in [0.717, 1.165) is 29.5 Å². The first kappa shape index (κ1) is 23.4. The Morgan fingerprint density at radius 2 is 1.78 bits per heavy atom. The van der Waals surface area contributed by atoms with Crippen LogP contribution in [0.15, 0.2) is 64.7 Å². The third kappa shape index (κ3) is 4.15. The maximum Gasteiger partial charge on any atom is 0.265 e. The molecule has 0 bridgehead atoms. The van der Waals surface area contributed by atoms with Gasteiger partial charge < -0.3 is 9.80 Å². The van der Waals surface area contributed by atoms with Crippen molar-refractivity contribution in [2.45, 2.75) is 17.6 Å². The molecule has 11 heteroatoms. The van der Waals surface area contributed by atoms with Crippen LogP contribution < -0.4 is 10.5 Å². The van der Waals surface area contributed by atoms with Gasteiger partial charge >= 0.3 is 0 Å². The zero-order chi connectivity index (χ0) is 24.8. The SMILES string of the molecule is O=C(CC1CSc2nc3c(cnn3-c3ccc(Cl)cc3)c(=O)n21)N1CCN(c2ccccc2Cl)CC1. The Morgan fingerprint density at radius 1 is 1.03 bits per heavy atom. The van der Waals surface area contributed by atoms with Crippen LogP contribution in [0.1, 0.15) is 12.5 Å². The monoisotopic (exact) mass is 540 g/mol. The van der Waals surface area contributed by atoms with Crippen LogP contribution in [0, 0.1) is 0 Å². The number of piperazine rings is 1. The summed E-state index contributed by atoms with van der Waals surface area (Å²) in [6.07, 6.45) is 1.81. The second kappa shape index (κ2) is 9.46. The van der Waals surface area contributed by atoms with Crippen molar-refractivity contribution in [1.29, 1.82) is 0 Å². The van der Waals surface area contributed by atoms with Crippen LogP contribution in [0.25, 0.3) is 16.7 Å². The highest BCUT2D eigenvalue weighted by atomic mass is 35.5. The summed E-state index contributed by atoms with van der Waals surface area (Å²) in [5.74, 6) is 0.685. The van der Waals surface area contributed by atoms with Crippen molar-refractivity contribution >= 4 is 57.6 Å². The summed E-state index contributed by atoms with van der Waals surface area (Å²) >= 11 is 13.8. The number of aromatic nitrogens is 4. The first-order chi connectivity index (χ1) is 17.5. The second-order valence-corrected chi connectivity index (χ2v) is 10.7. The van der Waals surface area contributed by atoms with E-state index in [9.17, 15) is 9.59 Å². The number of para-hydroxylation sites is 1. The molecule has 4 aromatic rings. The number of amides is 1. The molecule has 2 aromatic heterocycles. The molecule has 4 heterocycles. The van der Waals surface area contributed by atoms with Crippen molar-refractivity contribution < 1.29 is 4.79 Å². The normalized spacial score (nSPS) is 17.6. The van der Waals surface area contributed by atoms with Gasteiger partial charge in [0.1, 0.15) is 5.39 Å². The highest BCUT2D eigenvalue weighted by molar-refractivity contribution is 7.99. The zero-order valence-electron chi connectivity index (χ0n) is 19.2. The lowest BCUT2D eigenvalue weighted by atomic mass is 10.1. The minimum absolute atomic E-state index is 0.0520. The molecule has 0 saturated carbocycles. The molecule has 1 saturated heterocycles. The molecule has 1 amide bonds. The summed E-state index contributed by atoms with van der Waals surface area (Å²) < 4.78 is 3.31. The van der Waals surface area contributed by atoms with Gasteiger partial charge in [0, 0.05) is 43.4 Å². The van der Waals surface area contributed by atoms with E-state index in [2.05, 4.69) is 10.00 Å². The highest BCUT2D eigenvalue weighted by Gasteiger charge is 2.32.